The van der Waals surface area contributed by atoms with Crippen LogP contribution in [0.4, 0.5) is 0 Å². The Labute approximate surface area is 196 Å². The summed E-state index contributed by atoms with van der Waals surface area (Å²) in [5, 5.41) is 6.99. The number of morpholine rings is 1. The van der Waals surface area contributed by atoms with Crippen molar-refractivity contribution in [2.75, 3.05) is 65.6 Å². The van der Waals surface area contributed by atoms with Gasteiger partial charge in [0.1, 0.15) is 0 Å². The summed E-state index contributed by atoms with van der Waals surface area (Å²) in [7, 11) is 0. The van der Waals surface area contributed by atoms with Gasteiger partial charge in [0.2, 0.25) is 0 Å². The Morgan fingerprint density at radius 2 is 1.66 bits per heavy atom. The van der Waals surface area contributed by atoms with Gasteiger partial charge >= 0.3 is 0 Å². The quantitative estimate of drug-likeness (QED) is 0.178. The van der Waals surface area contributed by atoms with Crippen molar-refractivity contribution in [3.63, 3.8) is 0 Å². The molecule has 0 aromatic heterocycles. The molecule has 0 amide bonds. The molecule has 2 N–H and O–H groups in total. The number of nitrogens with one attached hydrogen (secondary N) is 2. The zero-order chi connectivity index (χ0) is 20.0. The monoisotopic (exact) mass is 523 g/mol. The standard InChI is InChI=1S/C22H45N5O.HI/c1-4-20(5-2)21(27-15-17-28-18-16-27)19-25-22(23-6-3)24-11-7-8-12-26-13-9-10-14-26;/h20-21H,4-19H2,1-3H3,(H2,23,24,25);1H. The molecule has 0 aliphatic carbocycles. The minimum absolute atomic E-state index is 0. The average molecular weight is 524 g/mol. The lowest BCUT2D eigenvalue weighted by Gasteiger charge is -2.38. The Bertz CT molecular complexity index is 421. The van der Waals surface area contributed by atoms with Crippen molar-refractivity contribution >= 4 is 29.9 Å². The molecular formula is C22H46IN5O. The number of guanidine groups is 1. The maximum absolute atomic E-state index is 5.57. The van der Waals surface area contributed by atoms with Gasteiger partial charge in [-0.2, -0.15) is 0 Å². The first kappa shape index (κ1) is 26.9. The molecule has 0 bridgehead atoms. The van der Waals surface area contributed by atoms with Gasteiger partial charge in [0.25, 0.3) is 0 Å². The molecule has 7 heteroatoms. The summed E-state index contributed by atoms with van der Waals surface area (Å²) in [4.78, 5) is 10.2. The van der Waals surface area contributed by atoms with E-state index in [-0.39, 0.29) is 24.0 Å². The van der Waals surface area contributed by atoms with E-state index in [0.717, 1.165) is 51.9 Å². The molecule has 1 atom stereocenters. The van der Waals surface area contributed by atoms with Crippen LogP contribution in [0.1, 0.15) is 59.3 Å². The van der Waals surface area contributed by atoms with Crippen LogP contribution in [0.15, 0.2) is 4.99 Å². The number of nitrogens with zero attached hydrogens (tertiary/aromatic N) is 3. The fourth-order valence-electron chi connectivity index (χ4n) is 4.50. The lowest BCUT2D eigenvalue weighted by Crippen LogP contribution is -2.49. The zero-order valence-corrected chi connectivity index (χ0v) is 21.5. The number of rotatable bonds is 12. The van der Waals surface area contributed by atoms with E-state index < -0.39 is 0 Å². The topological polar surface area (TPSA) is 52.1 Å². The van der Waals surface area contributed by atoms with Gasteiger partial charge in [0.15, 0.2) is 5.96 Å². The highest BCUT2D eigenvalue weighted by Gasteiger charge is 2.26. The number of hydrogen-bond acceptors (Lipinski definition) is 4. The maximum atomic E-state index is 5.57. The van der Waals surface area contributed by atoms with Crippen molar-refractivity contribution in [1.82, 2.24) is 20.4 Å². The molecule has 29 heavy (non-hydrogen) atoms. The fourth-order valence-corrected chi connectivity index (χ4v) is 4.50. The molecule has 172 valence electrons. The number of likely N-dealkylation sites (tertiary alicyclic amines) is 1. The van der Waals surface area contributed by atoms with Gasteiger partial charge < -0.3 is 20.3 Å². The van der Waals surface area contributed by atoms with Crippen LogP contribution < -0.4 is 10.6 Å². The van der Waals surface area contributed by atoms with Crippen molar-refractivity contribution in [1.29, 1.82) is 0 Å². The Balaban J connectivity index is 0.00000420. The van der Waals surface area contributed by atoms with Crippen LogP contribution in [0, 0.1) is 5.92 Å². The van der Waals surface area contributed by atoms with Crippen LogP contribution in [0.5, 0.6) is 0 Å². The number of aliphatic imine (C=N–C) groups is 1. The van der Waals surface area contributed by atoms with E-state index in [2.05, 4.69) is 41.2 Å². The lowest BCUT2D eigenvalue weighted by molar-refractivity contribution is 0.00395. The highest BCUT2D eigenvalue weighted by atomic mass is 127. The van der Waals surface area contributed by atoms with Gasteiger partial charge in [0.05, 0.1) is 19.8 Å². The van der Waals surface area contributed by atoms with Crippen LogP contribution in [0.3, 0.4) is 0 Å². The van der Waals surface area contributed by atoms with Gasteiger partial charge in [0, 0.05) is 32.2 Å². The van der Waals surface area contributed by atoms with Crippen LogP contribution in [0.2, 0.25) is 0 Å². The second-order valence-electron chi connectivity index (χ2n) is 8.19. The van der Waals surface area contributed by atoms with Crippen LogP contribution >= 0.6 is 24.0 Å². The third-order valence-electron chi connectivity index (χ3n) is 6.28. The number of unbranched alkanes of at least 4 members (excludes halogenated alkanes) is 1. The first-order valence-electron chi connectivity index (χ1n) is 11.8. The predicted octanol–water partition coefficient (Wildman–Crippen LogP) is 3.17. The van der Waals surface area contributed by atoms with Crippen LogP contribution in [0.25, 0.3) is 0 Å². The van der Waals surface area contributed by atoms with Crippen molar-refractivity contribution in [2.45, 2.75) is 65.3 Å². The Kier molecular flexibility index (Phi) is 15.4. The SMILES string of the molecule is CCNC(=NCC(C(CC)CC)N1CCOCC1)NCCCCN1CCCC1.I. The molecule has 0 aromatic carbocycles. The Morgan fingerprint density at radius 3 is 2.28 bits per heavy atom. The van der Waals surface area contributed by atoms with Gasteiger partial charge in [-0.3, -0.25) is 9.89 Å². The van der Waals surface area contributed by atoms with Crippen molar-refractivity contribution in [3.8, 4) is 0 Å². The summed E-state index contributed by atoms with van der Waals surface area (Å²) >= 11 is 0. The number of hydrogen-bond donors (Lipinski definition) is 2. The van der Waals surface area contributed by atoms with E-state index in [4.69, 9.17) is 9.73 Å². The van der Waals surface area contributed by atoms with Gasteiger partial charge in [-0.15, -0.1) is 24.0 Å². The van der Waals surface area contributed by atoms with E-state index in [9.17, 15) is 0 Å². The normalized spacial score (nSPS) is 19.9. The summed E-state index contributed by atoms with van der Waals surface area (Å²) in [5.41, 5.74) is 0. The van der Waals surface area contributed by atoms with Crippen LogP contribution in [-0.2, 0) is 4.74 Å². The fraction of sp³-hybridized carbons (Fsp3) is 0.955. The molecule has 2 aliphatic rings. The Morgan fingerprint density at radius 1 is 0.966 bits per heavy atom. The van der Waals surface area contributed by atoms with Gasteiger partial charge in [-0.1, -0.05) is 26.7 Å². The zero-order valence-electron chi connectivity index (χ0n) is 19.1. The molecule has 2 fully saturated rings. The van der Waals surface area contributed by atoms with E-state index in [1.54, 1.807) is 0 Å². The maximum Gasteiger partial charge on any atom is 0.191 e. The van der Waals surface area contributed by atoms with Gasteiger partial charge in [-0.05, 0) is 58.2 Å². The third-order valence-corrected chi connectivity index (χ3v) is 6.28. The molecule has 0 saturated carbocycles. The predicted molar refractivity (Wildman–Crippen MR) is 135 cm³/mol. The molecule has 2 saturated heterocycles. The summed E-state index contributed by atoms with van der Waals surface area (Å²) in [6.07, 6.45) is 7.69. The summed E-state index contributed by atoms with van der Waals surface area (Å²) in [6.45, 7) is 17.2. The molecule has 2 rings (SSSR count). The van der Waals surface area contributed by atoms with E-state index in [0.29, 0.717) is 12.0 Å². The molecule has 0 radical (unpaired) electrons. The smallest absolute Gasteiger partial charge is 0.191 e. The van der Waals surface area contributed by atoms with E-state index in [1.165, 1.54) is 58.2 Å². The Hall–Kier alpha value is -0.120. The lowest BCUT2D eigenvalue weighted by atomic mass is 9.92. The minimum Gasteiger partial charge on any atom is -0.379 e. The van der Waals surface area contributed by atoms with Crippen LogP contribution in [-0.4, -0.2) is 87.4 Å². The summed E-state index contributed by atoms with van der Waals surface area (Å²) in [6, 6.07) is 0.518. The number of halogens is 1. The average Bonchev–Trinajstić information content (AvgIpc) is 3.25. The second-order valence-corrected chi connectivity index (χ2v) is 8.19. The highest BCUT2D eigenvalue weighted by Crippen LogP contribution is 2.20. The molecule has 0 spiro atoms. The first-order valence-corrected chi connectivity index (χ1v) is 11.8. The number of ether oxygens (including phenoxy) is 1. The van der Waals surface area contributed by atoms with Crippen molar-refractivity contribution in [3.05, 3.63) is 0 Å². The molecule has 1 unspecified atom stereocenters. The molecule has 0 aromatic rings. The molecule has 2 aliphatic heterocycles. The molecule has 2 heterocycles. The largest absolute Gasteiger partial charge is 0.379 e. The molecule has 6 nitrogen and oxygen atoms in total. The second kappa shape index (κ2) is 16.6. The summed E-state index contributed by atoms with van der Waals surface area (Å²) < 4.78 is 5.57. The van der Waals surface area contributed by atoms with E-state index in [1.807, 2.05) is 0 Å². The first-order chi connectivity index (χ1) is 13.8. The minimum atomic E-state index is 0. The van der Waals surface area contributed by atoms with Gasteiger partial charge in [-0.25, -0.2) is 0 Å². The van der Waals surface area contributed by atoms with Crippen molar-refractivity contribution in [2.24, 2.45) is 10.9 Å². The third kappa shape index (κ3) is 10.2. The van der Waals surface area contributed by atoms with Crippen molar-refractivity contribution < 1.29 is 4.74 Å². The summed E-state index contributed by atoms with van der Waals surface area (Å²) in [5.74, 6) is 1.68. The molecular weight excluding hydrogens is 477 g/mol. The highest BCUT2D eigenvalue weighted by molar-refractivity contribution is 14.0. The van der Waals surface area contributed by atoms with E-state index >= 15 is 0 Å².